The van der Waals surface area contributed by atoms with Gasteiger partial charge in [0.1, 0.15) is 0 Å². The molecular weight excluding hydrogens is 252 g/mol. The maximum Gasteiger partial charge on any atom is 0.257 e. The van der Waals surface area contributed by atoms with Crippen LogP contribution in [0.25, 0.3) is 10.9 Å². The summed E-state index contributed by atoms with van der Waals surface area (Å²) in [4.78, 5) is 20.3. The number of rotatable bonds is 2. The zero-order valence-corrected chi connectivity index (χ0v) is 10.6. The second-order valence-electron chi connectivity index (χ2n) is 4.30. The number of carbonyl (C=O) groups excluding carboxylic acids is 1. The maximum atomic E-state index is 12.1. The van der Waals surface area contributed by atoms with Crippen molar-refractivity contribution in [2.45, 2.75) is 0 Å². The lowest BCUT2D eigenvalue weighted by molar-refractivity contribution is 0.102. The molecule has 3 rings (SSSR count). The summed E-state index contributed by atoms with van der Waals surface area (Å²) < 4.78 is 0. The molecule has 2 aromatic heterocycles. The molecule has 0 aliphatic carbocycles. The number of hydrogen-bond donors (Lipinski definition) is 2. The summed E-state index contributed by atoms with van der Waals surface area (Å²) in [5.74, 6) is -0.215. The fourth-order valence-corrected chi connectivity index (χ4v) is 2.00. The van der Waals surface area contributed by atoms with Crippen LogP contribution >= 0.6 is 0 Å². The van der Waals surface area contributed by atoms with Crippen molar-refractivity contribution in [1.29, 1.82) is 0 Å². The van der Waals surface area contributed by atoms with E-state index in [-0.39, 0.29) is 5.91 Å². The summed E-state index contributed by atoms with van der Waals surface area (Å²) in [5.41, 5.74) is 8.32. The average Bonchev–Trinajstić information content (AvgIpc) is 2.51. The van der Waals surface area contributed by atoms with E-state index in [1.54, 1.807) is 36.7 Å². The molecule has 98 valence electrons. The summed E-state index contributed by atoms with van der Waals surface area (Å²) in [5, 5.41) is 3.66. The molecule has 3 aromatic rings. The Balaban J connectivity index is 2.00. The van der Waals surface area contributed by atoms with Gasteiger partial charge in [-0.05, 0) is 36.4 Å². The molecule has 0 fully saturated rings. The third-order valence-corrected chi connectivity index (χ3v) is 2.97. The third-order valence-electron chi connectivity index (χ3n) is 2.97. The summed E-state index contributed by atoms with van der Waals surface area (Å²) in [6.45, 7) is 0. The van der Waals surface area contributed by atoms with Crippen LogP contribution in [-0.2, 0) is 0 Å². The second-order valence-corrected chi connectivity index (χ2v) is 4.30. The van der Waals surface area contributed by atoms with Crippen molar-refractivity contribution in [2.75, 3.05) is 11.1 Å². The van der Waals surface area contributed by atoms with Crippen LogP contribution in [-0.4, -0.2) is 15.9 Å². The van der Waals surface area contributed by atoms with E-state index in [1.807, 2.05) is 12.1 Å². The van der Waals surface area contributed by atoms with E-state index in [1.165, 1.54) is 6.20 Å². The molecule has 0 saturated carbocycles. The summed E-state index contributed by atoms with van der Waals surface area (Å²) >= 11 is 0. The van der Waals surface area contributed by atoms with Crippen LogP contribution in [0.1, 0.15) is 10.4 Å². The highest BCUT2D eigenvalue weighted by Crippen LogP contribution is 2.26. The SMILES string of the molecule is Nc1ccc(NC(=O)c2cccnc2)c2cccnc12. The molecule has 1 amide bonds. The first-order valence-corrected chi connectivity index (χ1v) is 6.10. The van der Waals surface area contributed by atoms with Crippen molar-refractivity contribution >= 4 is 28.2 Å². The first-order valence-electron chi connectivity index (χ1n) is 6.10. The van der Waals surface area contributed by atoms with Crippen LogP contribution < -0.4 is 11.1 Å². The molecule has 5 heteroatoms. The van der Waals surface area contributed by atoms with Gasteiger partial charge in [-0.25, -0.2) is 0 Å². The molecule has 2 heterocycles. The van der Waals surface area contributed by atoms with E-state index in [0.717, 1.165) is 5.39 Å². The highest BCUT2D eigenvalue weighted by molar-refractivity contribution is 6.10. The number of aromatic nitrogens is 2. The van der Waals surface area contributed by atoms with Crippen LogP contribution in [0, 0.1) is 0 Å². The first-order chi connectivity index (χ1) is 9.75. The third kappa shape index (κ3) is 2.16. The van der Waals surface area contributed by atoms with E-state index in [9.17, 15) is 4.79 Å². The predicted octanol–water partition coefficient (Wildman–Crippen LogP) is 2.46. The summed E-state index contributed by atoms with van der Waals surface area (Å²) in [7, 11) is 0. The number of nitrogens with zero attached hydrogens (tertiary/aromatic N) is 2. The van der Waals surface area contributed by atoms with Crippen molar-refractivity contribution in [1.82, 2.24) is 9.97 Å². The van der Waals surface area contributed by atoms with Crippen LogP contribution in [0.3, 0.4) is 0 Å². The van der Waals surface area contributed by atoms with Crippen molar-refractivity contribution in [3.05, 3.63) is 60.6 Å². The lowest BCUT2D eigenvalue weighted by Crippen LogP contribution is -2.12. The van der Waals surface area contributed by atoms with Crippen LogP contribution in [0.5, 0.6) is 0 Å². The number of fused-ring (bicyclic) bond motifs is 1. The van der Waals surface area contributed by atoms with Gasteiger partial charge in [0.05, 0.1) is 22.5 Å². The molecule has 1 aromatic carbocycles. The molecule has 3 N–H and O–H groups in total. The second kappa shape index (κ2) is 4.97. The molecule has 0 spiro atoms. The van der Waals surface area contributed by atoms with Crippen LogP contribution in [0.15, 0.2) is 55.0 Å². The molecule has 0 saturated heterocycles. The highest BCUT2D eigenvalue weighted by Gasteiger charge is 2.09. The average molecular weight is 264 g/mol. The Morgan fingerprint density at radius 2 is 1.95 bits per heavy atom. The van der Waals surface area contributed by atoms with Crippen LogP contribution in [0.2, 0.25) is 0 Å². The first kappa shape index (κ1) is 12.1. The Kier molecular flexibility index (Phi) is 3.01. The number of nitrogens with two attached hydrogens (primary N) is 1. The van der Waals surface area contributed by atoms with E-state index in [2.05, 4.69) is 15.3 Å². The topological polar surface area (TPSA) is 80.9 Å². The molecule has 0 aliphatic heterocycles. The fourth-order valence-electron chi connectivity index (χ4n) is 2.00. The van der Waals surface area contributed by atoms with Gasteiger partial charge in [-0.15, -0.1) is 0 Å². The molecule has 0 bridgehead atoms. The van der Waals surface area contributed by atoms with Gasteiger partial charge in [0, 0.05) is 24.0 Å². The van der Waals surface area contributed by atoms with Gasteiger partial charge < -0.3 is 11.1 Å². The molecule has 0 radical (unpaired) electrons. The normalized spacial score (nSPS) is 10.4. The standard InChI is InChI=1S/C15H12N4O/c16-12-5-6-13(11-4-2-8-18-14(11)12)19-15(20)10-3-1-7-17-9-10/h1-9H,16H2,(H,19,20). The van der Waals surface area contributed by atoms with E-state index in [4.69, 9.17) is 5.73 Å². The lowest BCUT2D eigenvalue weighted by atomic mass is 10.1. The molecular formula is C15H12N4O. The largest absolute Gasteiger partial charge is 0.397 e. The molecule has 20 heavy (non-hydrogen) atoms. The predicted molar refractivity (Wildman–Crippen MR) is 78.3 cm³/mol. The Labute approximate surface area is 115 Å². The van der Waals surface area contributed by atoms with Crippen molar-refractivity contribution in [2.24, 2.45) is 0 Å². The van der Waals surface area contributed by atoms with Gasteiger partial charge in [0.25, 0.3) is 5.91 Å². The van der Waals surface area contributed by atoms with Gasteiger partial charge in [0.15, 0.2) is 0 Å². The number of nitrogens with one attached hydrogen (secondary N) is 1. The zero-order chi connectivity index (χ0) is 13.9. The van der Waals surface area contributed by atoms with Crippen molar-refractivity contribution in [3.8, 4) is 0 Å². The minimum absolute atomic E-state index is 0.215. The minimum Gasteiger partial charge on any atom is -0.397 e. The number of benzene rings is 1. The number of nitrogen functional groups attached to an aromatic ring is 1. The van der Waals surface area contributed by atoms with Gasteiger partial charge in [0.2, 0.25) is 0 Å². The number of carbonyl (C=O) groups is 1. The Morgan fingerprint density at radius 3 is 2.75 bits per heavy atom. The Morgan fingerprint density at radius 1 is 1.10 bits per heavy atom. The smallest absolute Gasteiger partial charge is 0.257 e. The summed E-state index contributed by atoms with van der Waals surface area (Å²) in [6, 6.07) is 10.6. The van der Waals surface area contributed by atoms with E-state index in [0.29, 0.717) is 22.5 Å². The molecule has 5 nitrogen and oxygen atoms in total. The van der Waals surface area contributed by atoms with Gasteiger partial charge in [-0.2, -0.15) is 0 Å². The number of hydrogen-bond acceptors (Lipinski definition) is 4. The molecule has 0 aliphatic rings. The quantitative estimate of drug-likeness (QED) is 0.697. The van der Waals surface area contributed by atoms with Gasteiger partial charge in [-0.1, -0.05) is 0 Å². The van der Waals surface area contributed by atoms with Crippen molar-refractivity contribution in [3.63, 3.8) is 0 Å². The minimum atomic E-state index is -0.215. The zero-order valence-electron chi connectivity index (χ0n) is 10.6. The lowest BCUT2D eigenvalue weighted by Gasteiger charge is -2.09. The number of pyridine rings is 2. The molecule has 0 unspecified atom stereocenters. The molecule has 0 atom stereocenters. The van der Waals surface area contributed by atoms with Gasteiger partial charge >= 0.3 is 0 Å². The monoisotopic (exact) mass is 264 g/mol. The maximum absolute atomic E-state index is 12.1. The Hall–Kier alpha value is -2.95. The Bertz CT molecular complexity index is 771. The van der Waals surface area contributed by atoms with Crippen molar-refractivity contribution < 1.29 is 4.79 Å². The number of amides is 1. The van der Waals surface area contributed by atoms with E-state index >= 15 is 0 Å². The highest BCUT2D eigenvalue weighted by atomic mass is 16.1. The summed E-state index contributed by atoms with van der Waals surface area (Å²) in [6.07, 6.45) is 4.82. The fraction of sp³-hybridized carbons (Fsp3) is 0. The van der Waals surface area contributed by atoms with E-state index < -0.39 is 0 Å². The van der Waals surface area contributed by atoms with Crippen LogP contribution in [0.4, 0.5) is 11.4 Å². The van der Waals surface area contributed by atoms with Gasteiger partial charge in [-0.3, -0.25) is 14.8 Å². The number of anilines is 2.